The molecule has 5 nitrogen and oxygen atoms in total. The van der Waals surface area contributed by atoms with E-state index in [0.717, 1.165) is 4.47 Å². The van der Waals surface area contributed by atoms with Crippen LogP contribution in [0.4, 0.5) is 5.69 Å². The first-order valence-corrected chi connectivity index (χ1v) is 6.22. The number of rotatable bonds is 4. The molecule has 0 saturated carbocycles. The van der Waals surface area contributed by atoms with E-state index in [9.17, 15) is 4.79 Å². The van der Waals surface area contributed by atoms with Gasteiger partial charge < -0.3 is 15.0 Å². The Hall–Kier alpha value is -1.82. The van der Waals surface area contributed by atoms with Crippen LogP contribution >= 0.6 is 15.9 Å². The fourth-order valence-corrected chi connectivity index (χ4v) is 1.73. The van der Waals surface area contributed by atoms with Crippen molar-refractivity contribution in [2.75, 3.05) is 11.9 Å². The molecule has 0 fully saturated rings. The molecule has 2 aromatic rings. The Morgan fingerprint density at radius 3 is 2.94 bits per heavy atom. The smallest absolute Gasteiger partial charge is 0.272 e. The highest BCUT2D eigenvalue weighted by Gasteiger charge is 2.08. The molecule has 2 aromatic heterocycles. The van der Waals surface area contributed by atoms with Crippen LogP contribution in [0.3, 0.4) is 0 Å². The first-order valence-electron chi connectivity index (χ1n) is 5.43. The van der Waals surface area contributed by atoms with Crippen molar-refractivity contribution in [1.82, 2.24) is 9.97 Å². The van der Waals surface area contributed by atoms with E-state index < -0.39 is 0 Å². The summed E-state index contributed by atoms with van der Waals surface area (Å²) in [5.41, 5.74) is 1.10. The Morgan fingerprint density at radius 1 is 1.56 bits per heavy atom. The van der Waals surface area contributed by atoms with Crippen LogP contribution in [0.5, 0.6) is 5.88 Å². The third kappa shape index (κ3) is 3.10. The minimum absolute atomic E-state index is 0.216. The summed E-state index contributed by atoms with van der Waals surface area (Å²) in [5.74, 6) is 0.324. The quantitative estimate of drug-likeness (QED) is 0.912. The van der Waals surface area contributed by atoms with E-state index in [2.05, 4.69) is 31.2 Å². The Labute approximate surface area is 113 Å². The molecule has 1 amide bonds. The third-order valence-electron chi connectivity index (χ3n) is 2.18. The molecule has 0 aliphatic rings. The van der Waals surface area contributed by atoms with Gasteiger partial charge in [-0.15, -0.1) is 0 Å². The number of amides is 1. The summed E-state index contributed by atoms with van der Waals surface area (Å²) < 4.78 is 6.05. The van der Waals surface area contributed by atoms with Crippen molar-refractivity contribution in [3.8, 4) is 5.88 Å². The summed E-state index contributed by atoms with van der Waals surface area (Å²) in [5, 5.41) is 2.73. The maximum Gasteiger partial charge on any atom is 0.272 e. The van der Waals surface area contributed by atoms with E-state index in [1.807, 2.05) is 6.92 Å². The van der Waals surface area contributed by atoms with Crippen LogP contribution in [0.1, 0.15) is 17.4 Å². The van der Waals surface area contributed by atoms with Gasteiger partial charge in [0.05, 0.1) is 18.5 Å². The van der Waals surface area contributed by atoms with Crippen LogP contribution in [0.25, 0.3) is 0 Å². The number of anilines is 1. The lowest BCUT2D eigenvalue weighted by molar-refractivity contribution is 0.102. The lowest BCUT2D eigenvalue weighted by atomic mass is 10.3. The van der Waals surface area contributed by atoms with Crippen molar-refractivity contribution in [2.24, 2.45) is 0 Å². The average Bonchev–Trinajstić information content (AvgIpc) is 2.79. The van der Waals surface area contributed by atoms with Crippen molar-refractivity contribution in [1.29, 1.82) is 0 Å². The van der Waals surface area contributed by atoms with Gasteiger partial charge in [-0.05, 0) is 35.0 Å². The number of carbonyl (C=O) groups is 1. The Kier molecular flexibility index (Phi) is 3.99. The summed E-state index contributed by atoms with van der Waals surface area (Å²) in [4.78, 5) is 18.7. The fourth-order valence-electron chi connectivity index (χ4n) is 1.38. The van der Waals surface area contributed by atoms with Gasteiger partial charge in [0.2, 0.25) is 5.88 Å². The maximum atomic E-state index is 11.8. The lowest BCUT2D eigenvalue weighted by Gasteiger charge is -2.05. The van der Waals surface area contributed by atoms with E-state index in [1.54, 1.807) is 30.6 Å². The highest BCUT2D eigenvalue weighted by atomic mass is 79.9. The zero-order valence-electron chi connectivity index (χ0n) is 9.74. The molecule has 0 atom stereocenters. The van der Waals surface area contributed by atoms with Crippen molar-refractivity contribution < 1.29 is 9.53 Å². The fraction of sp³-hybridized carbons (Fsp3) is 0.167. The summed E-state index contributed by atoms with van der Waals surface area (Å²) in [6.07, 6.45) is 3.26. The van der Waals surface area contributed by atoms with Gasteiger partial charge in [0.25, 0.3) is 5.91 Å². The predicted molar refractivity (Wildman–Crippen MR) is 71.9 cm³/mol. The molecular formula is C12H12BrN3O2. The zero-order chi connectivity index (χ0) is 13.0. The number of pyridine rings is 1. The van der Waals surface area contributed by atoms with Gasteiger partial charge in [0, 0.05) is 16.7 Å². The highest BCUT2D eigenvalue weighted by Crippen LogP contribution is 2.14. The first kappa shape index (κ1) is 12.6. The molecule has 6 heteroatoms. The van der Waals surface area contributed by atoms with Gasteiger partial charge >= 0.3 is 0 Å². The van der Waals surface area contributed by atoms with Crippen LogP contribution in [0.2, 0.25) is 0 Å². The molecule has 2 heterocycles. The van der Waals surface area contributed by atoms with E-state index in [1.165, 1.54) is 0 Å². The number of nitrogens with zero attached hydrogens (tertiary/aromatic N) is 1. The monoisotopic (exact) mass is 309 g/mol. The van der Waals surface area contributed by atoms with Gasteiger partial charge in [-0.25, -0.2) is 4.98 Å². The summed E-state index contributed by atoms with van der Waals surface area (Å²) in [6.45, 7) is 2.45. The second-order valence-corrected chi connectivity index (χ2v) is 4.42. The molecule has 0 spiro atoms. The van der Waals surface area contributed by atoms with Crippen LogP contribution in [0.15, 0.2) is 35.1 Å². The van der Waals surface area contributed by atoms with Crippen molar-refractivity contribution in [3.05, 3.63) is 40.8 Å². The van der Waals surface area contributed by atoms with Gasteiger partial charge in [-0.1, -0.05) is 0 Å². The first-order chi connectivity index (χ1) is 8.69. The number of carbonyl (C=O) groups excluding carboxylic acids is 1. The zero-order valence-corrected chi connectivity index (χ0v) is 11.3. The molecule has 2 N–H and O–H groups in total. The standard InChI is InChI=1S/C12H12BrN3O2/c1-2-18-11-4-3-9(7-15-11)16-12(17)10-5-8(13)6-14-10/h3-7,14H,2H2,1H3,(H,16,17). The topological polar surface area (TPSA) is 67.0 Å². The molecule has 0 bridgehead atoms. The Balaban J connectivity index is 2.03. The second-order valence-electron chi connectivity index (χ2n) is 3.50. The van der Waals surface area contributed by atoms with Gasteiger partial charge in [0.1, 0.15) is 5.69 Å². The molecule has 0 aliphatic carbocycles. The number of aromatic nitrogens is 2. The molecular weight excluding hydrogens is 298 g/mol. The highest BCUT2D eigenvalue weighted by molar-refractivity contribution is 9.10. The van der Waals surface area contributed by atoms with E-state index in [4.69, 9.17) is 4.74 Å². The van der Waals surface area contributed by atoms with Crippen molar-refractivity contribution in [3.63, 3.8) is 0 Å². The minimum Gasteiger partial charge on any atom is -0.478 e. The van der Waals surface area contributed by atoms with Crippen LogP contribution in [-0.2, 0) is 0 Å². The number of halogens is 1. The number of nitrogens with one attached hydrogen (secondary N) is 2. The molecule has 0 saturated heterocycles. The minimum atomic E-state index is -0.216. The number of H-pyrrole nitrogens is 1. The number of ether oxygens (including phenoxy) is 1. The van der Waals surface area contributed by atoms with Crippen molar-refractivity contribution >= 4 is 27.5 Å². The number of hydrogen-bond donors (Lipinski definition) is 2. The Morgan fingerprint density at radius 2 is 2.39 bits per heavy atom. The third-order valence-corrected chi connectivity index (χ3v) is 2.64. The number of hydrogen-bond acceptors (Lipinski definition) is 3. The van der Waals surface area contributed by atoms with E-state index in [-0.39, 0.29) is 5.91 Å². The van der Waals surface area contributed by atoms with Crippen LogP contribution < -0.4 is 10.1 Å². The van der Waals surface area contributed by atoms with Gasteiger partial charge in [-0.2, -0.15) is 0 Å². The van der Waals surface area contributed by atoms with Gasteiger partial charge in [0.15, 0.2) is 0 Å². The summed E-state index contributed by atoms with van der Waals surface area (Å²) in [6, 6.07) is 5.16. The molecule has 0 aromatic carbocycles. The van der Waals surface area contributed by atoms with Gasteiger partial charge in [-0.3, -0.25) is 4.79 Å². The largest absolute Gasteiger partial charge is 0.478 e. The summed E-state index contributed by atoms with van der Waals surface area (Å²) in [7, 11) is 0. The molecule has 94 valence electrons. The molecule has 2 rings (SSSR count). The van der Waals surface area contributed by atoms with Crippen LogP contribution in [-0.4, -0.2) is 22.5 Å². The van der Waals surface area contributed by atoms with E-state index in [0.29, 0.717) is 23.9 Å². The Bertz CT molecular complexity index is 537. The normalized spacial score (nSPS) is 10.1. The number of aromatic amines is 1. The van der Waals surface area contributed by atoms with Crippen LogP contribution in [0, 0.1) is 0 Å². The second kappa shape index (κ2) is 5.68. The maximum absolute atomic E-state index is 11.8. The van der Waals surface area contributed by atoms with Crippen molar-refractivity contribution in [2.45, 2.75) is 6.92 Å². The lowest BCUT2D eigenvalue weighted by Crippen LogP contribution is -2.12. The predicted octanol–water partition coefficient (Wildman–Crippen LogP) is 2.82. The molecule has 0 aliphatic heterocycles. The molecule has 0 radical (unpaired) electrons. The average molecular weight is 310 g/mol. The molecule has 0 unspecified atom stereocenters. The summed E-state index contributed by atoms with van der Waals surface area (Å²) >= 11 is 3.27. The van der Waals surface area contributed by atoms with E-state index >= 15 is 0 Å². The molecule has 18 heavy (non-hydrogen) atoms. The SMILES string of the molecule is CCOc1ccc(NC(=O)c2cc(Br)c[nH]2)cn1.